The van der Waals surface area contributed by atoms with Crippen LogP contribution in [-0.2, 0) is 19.4 Å². The normalized spacial score (nSPS) is 12.8. The van der Waals surface area contributed by atoms with E-state index in [1.165, 1.54) is 0 Å². The Hall–Kier alpha value is -2.95. The molecular weight excluding hydrogens is 312 g/mol. The zero-order valence-corrected chi connectivity index (χ0v) is 14.0. The monoisotopic (exact) mass is 332 g/mol. The van der Waals surface area contributed by atoms with Gasteiger partial charge >= 0.3 is 0 Å². The number of benzene rings is 2. The van der Waals surface area contributed by atoms with Crippen LogP contribution in [0, 0.1) is 0 Å². The lowest BCUT2D eigenvalue weighted by Gasteiger charge is -2.10. The van der Waals surface area contributed by atoms with E-state index in [0.29, 0.717) is 18.5 Å². The maximum Gasteiger partial charge on any atom is 0.251 e. The molecule has 1 aliphatic heterocycles. The average Bonchev–Trinajstić information content (AvgIpc) is 3.27. The second kappa shape index (κ2) is 6.89. The first-order valence-corrected chi connectivity index (χ1v) is 8.66. The summed E-state index contributed by atoms with van der Waals surface area (Å²) in [5.74, 6) is 1.97. The van der Waals surface area contributed by atoms with Crippen LogP contribution in [0.2, 0.25) is 0 Å². The van der Waals surface area contributed by atoms with E-state index in [2.05, 4.69) is 20.1 Å². The van der Waals surface area contributed by atoms with E-state index >= 15 is 0 Å². The quantitative estimate of drug-likeness (QED) is 0.781. The van der Waals surface area contributed by atoms with E-state index in [4.69, 9.17) is 0 Å². The number of nitrogens with one attached hydrogen (secondary N) is 1. The van der Waals surface area contributed by atoms with E-state index in [-0.39, 0.29) is 5.91 Å². The number of hydrogen-bond donors (Lipinski definition) is 1. The fourth-order valence-electron chi connectivity index (χ4n) is 3.33. The number of rotatable bonds is 5. The van der Waals surface area contributed by atoms with E-state index in [0.717, 1.165) is 42.2 Å². The molecule has 5 nitrogen and oxygen atoms in total. The lowest BCUT2D eigenvalue weighted by atomic mass is 9.99. The minimum absolute atomic E-state index is 0.0550. The van der Waals surface area contributed by atoms with Gasteiger partial charge in [0.25, 0.3) is 5.91 Å². The predicted molar refractivity (Wildman–Crippen MR) is 96.3 cm³/mol. The van der Waals surface area contributed by atoms with E-state index in [9.17, 15) is 4.79 Å². The Bertz CT molecular complexity index is 886. The second-order valence-corrected chi connectivity index (χ2v) is 6.21. The number of amides is 1. The van der Waals surface area contributed by atoms with Gasteiger partial charge in [-0.25, -0.2) is 0 Å². The van der Waals surface area contributed by atoms with E-state index in [1.807, 2.05) is 54.6 Å². The summed E-state index contributed by atoms with van der Waals surface area (Å²) in [6.45, 7) is 1.54. The molecule has 1 aliphatic rings. The Labute approximate surface area is 146 Å². The van der Waals surface area contributed by atoms with Gasteiger partial charge in [-0.15, -0.1) is 10.2 Å². The number of hydrogen-bond acceptors (Lipinski definition) is 3. The van der Waals surface area contributed by atoms with Crippen molar-refractivity contribution in [3.8, 4) is 11.1 Å². The molecule has 0 radical (unpaired) electrons. The van der Waals surface area contributed by atoms with Crippen molar-refractivity contribution in [2.24, 2.45) is 0 Å². The van der Waals surface area contributed by atoms with Gasteiger partial charge in [0.15, 0.2) is 0 Å². The molecule has 0 spiro atoms. The SMILES string of the molecule is O=C(NCCc1nnc2n1CCC2)c1ccccc1-c1ccccc1. The fraction of sp³-hybridized carbons (Fsp3) is 0.250. The van der Waals surface area contributed by atoms with Crippen LogP contribution in [-0.4, -0.2) is 27.2 Å². The van der Waals surface area contributed by atoms with Gasteiger partial charge in [0.1, 0.15) is 11.6 Å². The first-order valence-electron chi connectivity index (χ1n) is 8.66. The smallest absolute Gasteiger partial charge is 0.251 e. The zero-order valence-electron chi connectivity index (χ0n) is 14.0. The van der Waals surface area contributed by atoms with Crippen molar-refractivity contribution in [2.45, 2.75) is 25.8 Å². The van der Waals surface area contributed by atoms with Crippen molar-refractivity contribution in [3.63, 3.8) is 0 Å². The van der Waals surface area contributed by atoms with Crippen molar-refractivity contribution in [2.75, 3.05) is 6.54 Å². The Morgan fingerprint density at radius 2 is 1.84 bits per heavy atom. The summed E-state index contributed by atoms with van der Waals surface area (Å²) in [7, 11) is 0. The maximum absolute atomic E-state index is 12.6. The summed E-state index contributed by atoms with van der Waals surface area (Å²) in [5.41, 5.74) is 2.69. The third kappa shape index (κ3) is 3.18. The molecular formula is C20H20N4O. The lowest BCUT2D eigenvalue weighted by Crippen LogP contribution is -2.27. The highest BCUT2D eigenvalue weighted by Gasteiger charge is 2.17. The highest BCUT2D eigenvalue weighted by Crippen LogP contribution is 2.23. The van der Waals surface area contributed by atoms with Gasteiger partial charge in [-0.2, -0.15) is 0 Å². The molecule has 0 fully saturated rings. The van der Waals surface area contributed by atoms with Gasteiger partial charge < -0.3 is 9.88 Å². The number of carbonyl (C=O) groups is 1. The number of fused-ring (bicyclic) bond motifs is 1. The molecule has 2 aromatic carbocycles. The van der Waals surface area contributed by atoms with Crippen LogP contribution in [0.15, 0.2) is 54.6 Å². The van der Waals surface area contributed by atoms with Gasteiger partial charge in [0, 0.05) is 31.5 Å². The molecule has 0 saturated heterocycles. The minimum Gasteiger partial charge on any atom is -0.352 e. The van der Waals surface area contributed by atoms with Crippen LogP contribution < -0.4 is 5.32 Å². The molecule has 0 saturated carbocycles. The Kier molecular flexibility index (Phi) is 4.29. The minimum atomic E-state index is -0.0550. The van der Waals surface area contributed by atoms with Gasteiger partial charge in [0.05, 0.1) is 0 Å². The first kappa shape index (κ1) is 15.6. The molecule has 0 bridgehead atoms. The first-order chi connectivity index (χ1) is 12.3. The number of carbonyl (C=O) groups excluding carboxylic acids is 1. The summed E-state index contributed by atoms with van der Waals surface area (Å²) in [4.78, 5) is 12.6. The van der Waals surface area contributed by atoms with Crippen LogP contribution in [0.4, 0.5) is 0 Å². The van der Waals surface area contributed by atoms with Crippen LogP contribution in [0.25, 0.3) is 11.1 Å². The fourth-order valence-corrected chi connectivity index (χ4v) is 3.33. The lowest BCUT2D eigenvalue weighted by molar-refractivity contribution is 0.0954. The summed E-state index contributed by atoms with van der Waals surface area (Å²) in [5, 5.41) is 11.5. The molecule has 1 aromatic heterocycles. The molecule has 25 heavy (non-hydrogen) atoms. The summed E-state index contributed by atoms with van der Waals surface area (Å²) < 4.78 is 2.17. The molecule has 0 atom stereocenters. The van der Waals surface area contributed by atoms with Crippen molar-refractivity contribution < 1.29 is 4.79 Å². The molecule has 3 aromatic rings. The molecule has 0 unspecified atom stereocenters. The molecule has 4 rings (SSSR count). The summed E-state index contributed by atoms with van der Waals surface area (Å²) in [6.07, 6.45) is 2.84. The largest absolute Gasteiger partial charge is 0.352 e. The van der Waals surface area contributed by atoms with Crippen molar-refractivity contribution in [1.82, 2.24) is 20.1 Å². The maximum atomic E-state index is 12.6. The van der Waals surface area contributed by atoms with Gasteiger partial charge in [-0.1, -0.05) is 48.5 Å². The summed E-state index contributed by atoms with van der Waals surface area (Å²) >= 11 is 0. The Balaban J connectivity index is 1.45. The Morgan fingerprint density at radius 1 is 1.04 bits per heavy atom. The molecule has 2 heterocycles. The van der Waals surface area contributed by atoms with Crippen LogP contribution in [0.5, 0.6) is 0 Å². The van der Waals surface area contributed by atoms with Crippen molar-refractivity contribution in [3.05, 3.63) is 71.8 Å². The molecule has 1 N–H and O–H groups in total. The number of aromatic nitrogens is 3. The standard InChI is InChI=1S/C20H20N4O/c25-20(21-13-12-19-23-22-18-11-6-14-24(18)19)17-10-5-4-9-16(17)15-7-2-1-3-8-15/h1-5,7-10H,6,11-14H2,(H,21,25). The molecule has 5 heteroatoms. The Morgan fingerprint density at radius 3 is 2.72 bits per heavy atom. The van der Waals surface area contributed by atoms with Crippen LogP contribution in [0.1, 0.15) is 28.4 Å². The second-order valence-electron chi connectivity index (χ2n) is 6.21. The predicted octanol–water partition coefficient (Wildman–Crippen LogP) is 2.86. The molecule has 126 valence electrons. The van der Waals surface area contributed by atoms with Gasteiger partial charge in [0.2, 0.25) is 0 Å². The van der Waals surface area contributed by atoms with E-state index < -0.39 is 0 Å². The number of nitrogens with zero attached hydrogens (tertiary/aromatic N) is 3. The van der Waals surface area contributed by atoms with Crippen LogP contribution >= 0.6 is 0 Å². The molecule has 1 amide bonds. The van der Waals surface area contributed by atoms with Gasteiger partial charge in [-0.05, 0) is 23.6 Å². The van der Waals surface area contributed by atoms with Gasteiger partial charge in [-0.3, -0.25) is 4.79 Å². The van der Waals surface area contributed by atoms with Crippen LogP contribution in [0.3, 0.4) is 0 Å². The third-order valence-corrected chi connectivity index (χ3v) is 4.58. The highest BCUT2D eigenvalue weighted by molar-refractivity contribution is 6.00. The summed E-state index contributed by atoms with van der Waals surface area (Å²) in [6, 6.07) is 17.7. The molecule has 0 aliphatic carbocycles. The third-order valence-electron chi connectivity index (χ3n) is 4.58. The zero-order chi connectivity index (χ0) is 17.1. The average molecular weight is 332 g/mol. The highest BCUT2D eigenvalue weighted by atomic mass is 16.1. The number of aryl methyl sites for hydroxylation is 1. The van der Waals surface area contributed by atoms with Crippen molar-refractivity contribution >= 4 is 5.91 Å². The van der Waals surface area contributed by atoms with E-state index in [1.54, 1.807) is 0 Å². The topological polar surface area (TPSA) is 59.8 Å². The van der Waals surface area contributed by atoms with Crippen molar-refractivity contribution in [1.29, 1.82) is 0 Å².